The zero-order chi connectivity index (χ0) is 36.4. The third kappa shape index (κ3) is 4.97. The molecule has 1 aromatic rings. The summed E-state index contributed by atoms with van der Waals surface area (Å²) >= 11 is 0. The molecule has 0 amide bonds. The zero-order valence-electron chi connectivity index (χ0n) is 32.7. The first-order chi connectivity index (χ1) is 23.3. The van der Waals surface area contributed by atoms with Gasteiger partial charge >= 0.3 is 5.97 Å². The molecule has 0 spiro atoms. The molecule has 9 heteroatoms. The van der Waals surface area contributed by atoms with E-state index in [-0.39, 0.29) is 45.1 Å². The molecule has 6 aliphatic rings. The monoisotopic (exact) mass is 694 g/mol. The largest absolute Gasteiger partial charge is 0.481 e. The minimum atomic E-state index is -0.618. The number of rotatable bonds is 9. The molecule has 9 nitrogen and oxygen atoms in total. The number of hydrogen-bond donors (Lipinski definition) is 3. The Bertz CT molecular complexity index is 1530. The molecule has 7 rings (SSSR count). The Morgan fingerprint density at radius 1 is 1.08 bits per heavy atom. The summed E-state index contributed by atoms with van der Waals surface area (Å²) in [5.41, 5.74) is 13.1. The number of carboxylic acids is 1. The van der Waals surface area contributed by atoms with Gasteiger partial charge in [0.2, 0.25) is 5.95 Å². The van der Waals surface area contributed by atoms with Gasteiger partial charge in [-0.3, -0.25) is 4.79 Å². The fraction of sp³-hybridized carbons (Fsp3) is 0.878. The van der Waals surface area contributed by atoms with Gasteiger partial charge in [0.15, 0.2) is 0 Å². The van der Waals surface area contributed by atoms with Crippen LogP contribution in [0, 0.1) is 62.6 Å². The van der Waals surface area contributed by atoms with Crippen LogP contribution in [0.15, 0.2) is 11.6 Å². The molecule has 1 aliphatic heterocycles. The van der Waals surface area contributed by atoms with Crippen LogP contribution in [0.3, 0.4) is 0 Å². The average molecular weight is 694 g/mol. The van der Waals surface area contributed by atoms with Crippen molar-refractivity contribution >= 4 is 11.9 Å². The molecule has 12 atom stereocenters. The van der Waals surface area contributed by atoms with E-state index in [1.54, 1.807) is 0 Å². The number of nitrogen functional groups attached to an aromatic ring is 1. The summed E-state index contributed by atoms with van der Waals surface area (Å²) < 4.78 is 16.1. The molecular weight excluding hydrogens is 626 g/mol. The minimum absolute atomic E-state index is 0.0578. The lowest BCUT2D eigenvalue weighted by atomic mass is 9.34. The number of anilines is 1. The van der Waals surface area contributed by atoms with Crippen LogP contribution in [0.1, 0.15) is 138 Å². The summed E-state index contributed by atoms with van der Waals surface area (Å²) in [6.45, 7) is 24.5. The lowest BCUT2D eigenvalue weighted by Gasteiger charge is -2.71. The Kier molecular flexibility index (Phi) is 8.56. The van der Waals surface area contributed by atoms with Crippen molar-refractivity contribution < 1.29 is 19.4 Å². The van der Waals surface area contributed by atoms with E-state index in [0.717, 1.165) is 57.2 Å². The molecule has 5 aliphatic carbocycles. The molecule has 50 heavy (non-hydrogen) atoms. The first kappa shape index (κ1) is 36.4. The maximum Gasteiger partial charge on any atom is 0.307 e. The average Bonchev–Trinajstić information content (AvgIpc) is 3.80. The molecule has 1 aromatic heterocycles. The number of aliphatic carboxylic acids is 1. The van der Waals surface area contributed by atoms with Crippen LogP contribution < -0.4 is 11.5 Å². The van der Waals surface area contributed by atoms with Crippen molar-refractivity contribution in [3.05, 3.63) is 17.5 Å². The van der Waals surface area contributed by atoms with Crippen LogP contribution in [0.4, 0.5) is 5.95 Å². The predicted molar refractivity (Wildman–Crippen MR) is 196 cm³/mol. The van der Waals surface area contributed by atoms with Crippen LogP contribution >= 0.6 is 0 Å². The van der Waals surface area contributed by atoms with Gasteiger partial charge in [-0.1, -0.05) is 74.0 Å². The van der Waals surface area contributed by atoms with Crippen LogP contribution in [0.25, 0.3) is 0 Å². The molecule has 0 aromatic carbocycles. The van der Waals surface area contributed by atoms with E-state index in [0.29, 0.717) is 55.4 Å². The second-order valence-electron chi connectivity index (χ2n) is 20.1. The first-order valence-electron chi connectivity index (χ1n) is 19.9. The summed E-state index contributed by atoms with van der Waals surface area (Å²) in [6.07, 6.45) is 10.4. The third-order valence-electron chi connectivity index (χ3n) is 16.9. The highest BCUT2D eigenvalue weighted by Crippen LogP contribution is 2.75. The number of nitrogens with zero attached hydrogens (tertiary/aromatic N) is 3. The molecule has 1 unspecified atom stereocenters. The van der Waals surface area contributed by atoms with Gasteiger partial charge in [-0.15, -0.1) is 5.10 Å². The van der Waals surface area contributed by atoms with Crippen LogP contribution in [0.5, 0.6) is 0 Å². The molecule has 5 N–H and O–H groups in total. The van der Waals surface area contributed by atoms with E-state index < -0.39 is 17.4 Å². The van der Waals surface area contributed by atoms with Gasteiger partial charge in [-0.05, 0) is 104 Å². The number of nitrogens with two attached hydrogens (primary N) is 2. The standard InChI is InChI=1S/C41H67N5O4/c1-23(2)25(5)36(6)17-18-38(8)27-13-14-30-37(7)20-49-22-41(30,28(27)15-16-39(38,9)31(36)34(47)48)19-29(32(37)50-21-40(10,43)24(3)4)46-33(26-11-12-26)44-35(42)45-46/h15,23-27,29-32H,11-14,16-22,43H2,1-10H3,(H2,42,45)(H,47,48)/t25-,27+,29-,30+,31-,32+,36-,37?,38-,39+,40+,41+/m1/s1. The molecule has 2 bridgehead atoms. The Hall–Kier alpha value is -1.97. The van der Waals surface area contributed by atoms with Crippen LogP contribution in [-0.4, -0.2) is 57.3 Å². The summed E-state index contributed by atoms with van der Waals surface area (Å²) in [5, 5.41) is 16.0. The second-order valence-corrected chi connectivity index (χ2v) is 20.1. The number of fused-ring (bicyclic) bond motifs is 3. The van der Waals surface area contributed by atoms with E-state index >= 15 is 0 Å². The van der Waals surface area contributed by atoms with Crippen molar-refractivity contribution in [1.82, 2.24) is 14.8 Å². The van der Waals surface area contributed by atoms with E-state index in [9.17, 15) is 9.90 Å². The highest BCUT2D eigenvalue weighted by atomic mass is 16.5. The summed E-state index contributed by atoms with van der Waals surface area (Å²) in [5.74, 6) is 2.38. The molecule has 5 fully saturated rings. The number of aromatic nitrogens is 3. The smallest absolute Gasteiger partial charge is 0.307 e. The number of carbonyl (C=O) groups is 1. The third-order valence-corrected chi connectivity index (χ3v) is 16.9. The zero-order valence-corrected chi connectivity index (χ0v) is 32.7. The van der Waals surface area contributed by atoms with Gasteiger partial charge in [0.25, 0.3) is 0 Å². The first-order valence-corrected chi connectivity index (χ1v) is 19.9. The van der Waals surface area contributed by atoms with E-state index in [2.05, 4.69) is 80.0 Å². The maximum absolute atomic E-state index is 13.5. The fourth-order valence-electron chi connectivity index (χ4n) is 12.8. The highest BCUT2D eigenvalue weighted by Gasteiger charge is 2.72. The Morgan fingerprint density at radius 3 is 2.40 bits per heavy atom. The van der Waals surface area contributed by atoms with Crippen LogP contribution in [-0.2, 0) is 14.3 Å². The van der Waals surface area contributed by atoms with Crippen LogP contribution in [0.2, 0.25) is 0 Å². The highest BCUT2D eigenvalue weighted by molar-refractivity contribution is 5.73. The van der Waals surface area contributed by atoms with Gasteiger partial charge in [0, 0.05) is 22.3 Å². The number of ether oxygens (including phenoxy) is 2. The van der Waals surface area contributed by atoms with Gasteiger partial charge < -0.3 is 26.0 Å². The van der Waals surface area contributed by atoms with Crippen molar-refractivity contribution in [2.75, 3.05) is 25.6 Å². The van der Waals surface area contributed by atoms with Gasteiger partial charge in [-0.2, -0.15) is 4.98 Å². The Labute approximate surface area is 301 Å². The van der Waals surface area contributed by atoms with Crippen molar-refractivity contribution in [2.45, 2.75) is 144 Å². The van der Waals surface area contributed by atoms with E-state index in [1.807, 2.05) is 0 Å². The molecular formula is C41H67N5O4. The van der Waals surface area contributed by atoms with Crippen molar-refractivity contribution in [3.8, 4) is 0 Å². The van der Waals surface area contributed by atoms with Crippen molar-refractivity contribution in [3.63, 3.8) is 0 Å². The molecule has 1 saturated heterocycles. The topological polar surface area (TPSA) is 139 Å². The summed E-state index contributed by atoms with van der Waals surface area (Å²) in [4.78, 5) is 18.3. The summed E-state index contributed by atoms with van der Waals surface area (Å²) in [6, 6.07) is -0.0578. The Balaban J connectivity index is 1.34. The number of carboxylic acid groups (broad SMARTS) is 1. The van der Waals surface area contributed by atoms with E-state index in [1.165, 1.54) is 5.57 Å². The lowest BCUT2D eigenvalue weighted by Crippen LogP contribution is -2.69. The predicted octanol–water partition coefficient (Wildman–Crippen LogP) is 7.63. The fourth-order valence-corrected chi connectivity index (χ4v) is 12.8. The lowest BCUT2D eigenvalue weighted by molar-refractivity contribution is -0.252. The number of hydrogen-bond acceptors (Lipinski definition) is 7. The van der Waals surface area contributed by atoms with E-state index in [4.69, 9.17) is 31.0 Å². The Morgan fingerprint density at radius 2 is 1.78 bits per heavy atom. The van der Waals surface area contributed by atoms with Gasteiger partial charge in [0.1, 0.15) is 5.82 Å². The molecule has 2 heterocycles. The molecule has 4 saturated carbocycles. The normalized spacial score (nSPS) is 44.5. The second kappa shape index (κ2) is 11.8. The quantitative estimate of drug-likeness (QED) is 0.225. The SMILES string of the molecule is CC(C)[C@@H](C)[C@@]1(C)CC[C@]2(C)[C@H]3CC[C@H]4C5(C)COC[C@@]4(C[C@@H](n4nc(N)nc4C4CC4)[C@@H]5OC[C@](C)(N)C(C)C)C3=CC[C@@]2(C)[C@@H]1C(=O)O. The van der Waals surface area contributed by atoms with Crippen molar-refractivity contribution in [2.24, 2.45) is 68.3 Å². The van der Waals surface area contributed by atoms with Gasteiger partial charge in [-0.25, -0.2) is 4.68 Å². The minimum Gasteiger partial charge on any atom is -0.481 e. The number of allylic oxidation sites excluding steroid dienone is 1. The molecule has 0 radical (unpaired) electrons. The summed E-state index contributed by atoms with van der Waals surface area (Å²) in [7, 11) is 0. The van der Waals surface area contributed by atoms with Crippen molar-refractivity contribution in [1.29, 1.82) is 0 Å². The maximum atomic E-state index is 13.5. The molecule has 280 valence electrons. The van der Waals surface area contributed by atoms with Gasteiger partial charge in [0.05, 0.1) is 37.9 Å².